The fourth-order valence-electron chi connectivity index (χ4n) is 1.27. The van der Waals surface area contributed by atoms with Gasteiger partial charge in [0.05, 0.1) is 0 Å². The van der Waals surface area contributed by atoms with E-state index >= 15 is 0 Å². The van der Waals surface area contributed by atoms with Crippen LogP contribution in [0.25, 0.3) is 11.3 Å². The first-order chi connectivity index (χ1) is 7.11. The Morgan fingerprint density at radius 1 is 0.933 bits per heavy atom. The van der Waals surface area contributed by atoms with Crippen molar-refractivity contribution in [3.8, 4) is 11.3 Å². The summed E-state index contributed by atoms with van der Waals surface area (Å²) in [6, 6.07) is 3.57. The summed E-state index contributed by atoms with van der Waals surface area (Å²) in [7, 11) is 0. The van der Waals surface area contributed by atoms with E-state index < -0.39 is 23.3 Å². The molecule has 0 saturated carbocycles. The van der Waals surface area contributed by atoms with Gasteiger partial charge in [-0.05, 0) is 18.2 Å². The number of benzene rings is 1. The number of hydrogen-bond donors (Lipinski definition) is 1. The third kappa shape index (κ3) is 1.49. The second-order valence-electron chi connectivity index (χ2n) is 2.93. The summed E-state index contributed by atoms with van der Waals surface area (Å²) in [6.07, 6.45) is 1.47. The van der Waals surface area contributed by atoms with Crippen molar-refractivity contribution in [3.05, 3.63) is 47.7 Å². The Hall–Kier alpha value is -1.78. The van der Waals surface area contributed by atoms with Crippen LogP contribution in [0.5, 0.6) is 0 Å². The molecule has 0 amide bonds. The molecule has 1 aromatic heterocycles. The Morgan fingerprint density at radius 2 is 1.67 bits per heavy atom. The van der Waals surface area contributed by atoms with Gasteiger partial charge in [0.15, 0.2) is 23.3 Å². The van der Waals surface area contributed by atoms with Crippen LogP contribution in [0, 0.1) is 23.3 Å². The van der Waals surface area contributed by atoms with E-state index in [9.17, 15) is 17.6 Å². The maximum atomic E-state index is 13.2. The summed E-state index contributed by atoms with van der Waals surface area (Å²) in [5.41, 5.74) is -0.151. The molecule has 2 rings (SSSR count). The number of H-pyrrole nitrogens is 1. The molecule has 0 aliphatic heterocycles. The van der Waals surface area contributed by atoms with E-state index in [4.69, 9.17) is 0 Å². The smallest absolute Gasteiger partial charge is 0.198 e. The third-order valence-corrected chi connectivity index (χ3v) is 1.99. The van der Waals surface area contributed by atoms with Crippen molar-refractivity contribution in [2.45, 2.75) is 0 Å². The maximum absolute atomic E-state index is 13.2. The number of aromatic amines is 1. The molecule has 1 nitrogen and oxygen atoms in total. The Morgan fingerprint density at radius 3 is 2.27 bits per heavy atom. The van der Waals surface area contributed by atoms with Crippen LogP contribution in [-0.2, 0) is 0 Å². The number of aromatic nitrogens is 1. The maximum Gasteiger partial charge on any atom is 0.198 e. The Bertz CT molecular complexity index is 491. The van der Waals surface area contributed by atoms with Crippen molar-refractivity contribution in [1.29, 1.82) is 0 Å². The molecule has 1 heterocycles. The van der Waals surface area contributed by atoms with Crippen molar-refractivity contribution in [2.24, 2.45) is 0 Å². The number of hydrogen-bond acceptors (Lipinski definition) is 0. The highest BCUT2D eigenvalue weighted by Crippen LogP contribution is 2.26. The zero-order chi connectivity index (χ0) is 11.0. The summed E-state index contributed by atoms with van der Waals surface area (Å²) in [4.78, 5) is 2.57. The van der Waals surface area contributed by atoms with Crippen LogP contribution in [0.4, 0.5) is 17.6 Å². The van der Waals surface area contributed by atoms with Gasteiger partial charge in [-0.2, -0.15) is 0 Å². The quantitative estimate of drug-likeness (QED) is 0.427. The fourth-order valence-corrected chi connectivity index (χ4v) is 1.27. The van der Waals surface area contributed by atoms with Gasteiger partial charge >= 0.3 is 0 Å². The van der Waals surface area contributed by atoms with Gasteiger partial charge < -0.3 is 4.98 Å². The molecule has 0 fully saturated rings. The Kier molecular flexibility index (Phi) is 2.22. The van der Waals surface area contributed by atoms with Crippen molar-refractivity contribution < 1.29 is 17.6 Å². The van der Waals surface area contributed by atoms with Crippen molar-refractivity contribution in [3.63, 3.8) is 0 Å². The molecule has 1 aromatic carbocycles. The largest absolute Gasteiger partial charge is 0.361 e. The second-order valence-corrected chi connectivity index (χ2v) is 2.93. The summed E-state index contributed by atoms with van der Waals surface area (Å²) in [6.45, 7) is 0. The third-order valence-electron chi connectivity index (χ3n) is 1.99. The minimum Gasteiger partial charge on any atom is -0.361 e. The lowest BCUT2D eigenvalue weighted by molar-refractivity contribution is 0.410. The van der Waals surface area contributed by atoms with Gasteiger partial charge in [0, 0.05) is 17.5 Å². The second kappa shape index (κ2) is 3.42. The highest BCUT2D eigenvalue weighted by atomic mass is 19.2. The molecule has 15 heavy (non-hydrogen) atoms. The molecule has 0 aliphatic carbocycles. The molecule has 2 aromatic rings. The summed E-state index contributed by atoms with van der Waals surface area (Å²) in [5, 5.41) is 0. The first-order valence-corrected chi connectivity index (χ1v) is 4.08. The van der Waals surface area contributed by atoms with Gasteiger partial charge in [0.1, 0.15) is 0 Å². The van der Waals surface area contributed by atoms with E-state index in [0.717, 1.165) is 0 Å². The average Bonchev–Trinajstić information content (AvgIpc) is 2.73. The van der Waals surface area contributed by atoms with Crippen molar-refractivity contribution in [2.75, 3.05) is 0 Å². The van der Waals surface area contributed by atoms with Gasteiger partial charge in [-0.1, -0.05) is 0 Å². The molecule has 0 unspecified atom stereocenters. The van der Waals surface area contributed by atoms with Gasteiger partial charge in [-0.25, -0.2) is 17.6 Å². The van der Waals surface area contributed by atoms with Crippen molar-refractivity contribution in [1.82, 2.24) is 4.98 Å². The van der Waals surface area contributed by atoms with Gasteiger partial charge in [0.2, 0.25) is 0 Å². The van der Waals surface area contributed by atoms with E-state index in [1.807, 2.05) is 0 Å². The molecule has 0 bridgehead atoms. The molecular formula is C10H5F4N. The van der Waals surface area contributed by atoms with E-state index in [0.29, 0.717) is 6.07 Å². The highest BCUT2D eigenvalue weighted by Gasteiger charge is 2.19. The lowest BCUT2D eigenvalue weighted by Crippen LogP contribution is -1.98. The minimum absolute atomic E-state index is 0.185. The zero-order valence-electron chi connectivity index (χ0n) is 7.32. The van der Waals surface area contributed by atoms with E-state index in [2.05, 4.69) is 4.98 Å². The van der Waals surface area contributed by atoms with Crippen LogP contribution >= 0.6 is 0 Å². The normalized spacial score (nSPS) is 10.7. The molecule has 1 N–H and O–H groups in total. The van der Waals surface area contributed by atoms with Crippen molar-refractivity contribution >= 4 is 0 Å². The predicted octanol–water partition coefficient (Wildman–Crippen LogP) is 3.24. The average molecular weight is 215 g/mol. The number of rotatable bonds is 1. The lowest BCUT2D eigenvalue weighted by Gasteiger charge is -2.03. The summed E-state index contributed by atoms with van der Waals surface area (Å²) < 4.78 is 51.5. The first-order valence-electron chi connectivity index (χ1n) is 4.08. The lowest BCUT2D eigenvalue weighted by atomic mass is 10.1. The van der Waals surface area contributed by atoms with Crippen LogP contribution in [0.2, 0.25) is 0 Å². The molecule has 0 saturated heterocycles. The summed E-state index contributed by atoms with van der Waals surface area (Å²) >= 11 is 0. The van der Waals surface area contributed by atoms with Gasteiger partial charge in [0.25, 0.3) is 0 Å². The SMILES string of the molecule is Fc1cc(-c2ccc[nH]2)c(F)c(F)c1F. The number of halogens is 4. The molecule has 0 aliphatic rings. The molecule has 0 radical (unpaired) electrons. The molecule has 0 atom stereocenters. The van der Waals surface area contributed by atoms with Crippen LogP contribution in [-0.4, -0.2) is 4.98 Å². The van der Waals surface area contributed by atoms with Gasteiger partial charge in [-0.15, -0.1) is 0 Å². The van der Waals surface area contributed by atoms with Crippen LogP contribution in [0.15, 0.2) is 24.4 Å². The topological polar surface area (TPSA) is 15.8 Å². The van der Waals surface area contributed by atoms with Crippen LogP contribution in [0.1, 0.15) is 0 Å². The monoisotopic (exact) mass is 215 g/mol. The summed E-state index contributed by atoms with van der Waals surface area (Å²) in [5.74, 6) is -6.43. The highest BCUT2D eigenvalue weighted by molar-refractivity contribution is 5.60. The van der Waals surface area contributed by atoms with E-state index in [-0.39, 0.29) is 11.3 Å². The fraction of sp³-hybridized carbons (Fsp3) is 0. The molecule has 78 valence electrons. The first kappa shape index (κ1) is 9.76. The van der Waals surface area contributed by atoms with Crippen LogP contribution in [0.3, 0.4) is 0 Å². The molecular weight excluding hydrogens is 210 g/mol. The van der Waals surface area contributed by atoms with E-state index in [1.165, 1.54) is 18.3 Å². The Balaban J connectivity index is 2.69. The van der Waals surface area contributed by atoms with Gasteiger partial charge in [-0.3, -0.25) is 0 Å². The number of nitrogens with one attached hydrogen (secondary N) is 1. The molecule has 0 spiro atoms. The van der Waals surface area contributed by atoms with E-state index in [1.54, 1.807) is 0 Å². The minimum atomic E-state index is -1.81. The zero-order valence-corrected chi connectivity index (χ0v) is 7.32. The molecule has 5 heteroatoms. The Labute approximate surface area is 82.4 Å². The van der Waals surface area contributed by atoms with Crippen LogP contribution < -0.4 is 0 Å². The standard InChI is InChI=1S/C10H5F4N/c11-6-4-5(7-2-1-3-15-7)8(12)10(14)9(6)13/h1-4,15H. The predicted molar refractivity (Wildman–Crippen MR) is 46.1 cm³/mol.